The number of halogens is 1. The van der Waals surface area contributed by atoms with Crippen LogP contribution in [0.25, 0.3) is 11.1 Å². The number of urea groups is 1. The fourth-order valence-electron chi connectivity index (χ4n) is 3.24. The maximum atomic E-state index is 12.1. The van der Waals surface area contributed by atoms with Crippen molar-refractivity contribution in [3.8, 4) is 22.6 Å². The summed E-state index contributed by atoms with van der Waals surface area (Å²) in [5.41, 5.74) is 3.68. The van der Waals surface area contributed by atoms with Gasteiger partial charge in [-0.1, -0.05) is 12.1 Å². The predicted octanol–water partition coefficient (Wildman–Crippen LogP) is 5.76. The highest BCUT2D eigenvalue weighted by molar-refractivity contribution is 9.11. The molecule has 1 aliphatic rings. The molecular weight excluding hydrogens is 440 g/mol. The van der Waals surface area contributed by atoms with Crippen LogP contribution in [0, 0.1) is 0 Å². The Labute approximate surface area is 176 Å². The summed E-state index contributed by atoms with van der Waals surface area (Å²) < 4.78 is 13.0. The van der Waals surface area contributed by atoms with Gasteiger partial charge in [0.05, 0.1) is 21.3 Å². The van der Waals surface area contributed by atoms with Gasteiger partial charge in [-0.2, -0.15) is 0 Å². The normalized spacial score (nSPS) is 14.5. The van der Waals surface area contributed by atoms with Gasteiger partial charge in [0.2, 0.25) is 0 Å². The monoisotopic (exact) mass is 458 g/mol. The van der Waals surface area contributed by atoms with Crippen LogP contribution in [0.5, 0.6) is 11.5 Å². The molecule has 0 fully saturated rings. The fourth-order valence-corrected chi connectivity index (χ4v) is 4.71. The number of hydrogen-bond acceptors (Lipinski definition) is 4. The van der Waals surface area contributed by atoms with Crippen LogP contribution in [0.15, 0.2) is 52.3 Å². The molecule has 144 valence electrons. The highest BCUT2D eigenvalue weighted by atomic mass is 79.9. The zero-order valence-corrected chi connectivity index (χ0v) is 18.1. The number of ether oxygens (including phenoxy) is 2. The van der Waals surface area contributed by atoms with Gasteiger partial charge in [-0.15, -0.1) is 11.3 Å². The Bertz CT molecular complexity index is 1050. The second kappa shape index (κ2) is 7.48. The molecule has 0 aliphatic carbocycles. The predicted molar refractivity (Wildman–Crippen MR) is 116 cm³/mol. The number of amides is 2. The van der Waals surface area contributed by atoms with E-state index in [1.54, 1.807) is 32.5 Å². The van der Waals surface area contributed by atoms with Crippen LogP contribution in [0.1, 0.15) is 16.5 Å². The van der Waals surface area contributed by atoms with Gasteiger partial charge in [0.25, 0.3) is 0 Å². The van der Waals surface area contributed by atoms with Crippen molar-refractivity contribution in [1.29, 1.82) is 0 Å². The van der Waals surface area contributed by atoms with Crippen molar-refractivity contribution < 1.29 is 14.3 Å². The van der Waals surface area contributed by atoms with Crippen LogP contribution in [-0.2, 0) is 0 Å². The average Bonchev–Trinajstić information content (AvgIpc) is 3.12. The van der Waals surface area contributed by atoms with Crippen molar-refractivity contribution >= 4 is 39.0 Å². The smallest absolute Gasteiger partial charge is 0.321 e. The van der Waals surface area contributed by atoms with E-state index in [1.807, 2.05) is 42.5 Å². The first kappa shape index (κ1) is 18.8. The molecule has 5 nitrogen and oxygen atoms in total. The van der Waals surface area contributed by atoms with Crippen molar-refractivity contribution in [3.05, 3.63) is 62.8 Å². The number of hydrogen-bond donors (Lipinski definition) is 1. The maximum absolute atomic E-state index is 12.1. The van der Waals surface area contributed by atoms with Gasteiger partial charge < -0.3 is 19.7 Å². The zero-order valence-electron chi connectivity index (χ0n) is 15.7. The summed E-state index contributed by atoms with van der Waals surface area (Å²) in [7, 11) is 5.08. The van der Waals surface area contributed by atoms with E-state index in [0.717, 1.165) is 42.5 Å². The van der Waals surface area contributed by atoms with E-state index in [1.165, 1.54) is 4.90 Å². The van der Waals surface area contributed by atoms with Crippen molar-refractivity contribution in [2.45, 2.75) is 6.10 Å². The summed E-state index contributed by atoms with van der Waals surface area (Å²) in [6.07, 6.45) is -0.262. The summed E-state index contributed by atoms with van der Waals surface area (Å²) in [6, 6.07) is 15.6. The van der Waals surface area contributed by atoms with Crippen LogP contribution < -0.4 is 14.8 Å². The third-order valence-corrected chi connectivity index (χ3v) is 6.23. The Balaban J connectivity index is 1.86. The standard InChI is InChI=1S/C21H19BrN2O3S/c1-24(2)21(25)23-12-7-8-13-14(11-12)20(17-9-10-18(22)28-17)27-16-6-4-5-15(26-3)19(13)16/h4-11,20H,1-3H3,(H,23,25). The molecule has 0 saturated heterocycles. The molecular formula is C21H19BrN2O3S. The largest absolute Gasteiger partial charge is 0.496 e. The number of carbonyl (C=O) groups excluding carboxylic acids is 1. The van der Waals surface area contributed by atoms with Crippen molar-refractivity contribution in [2.24, 2.45) is 0 Å². The Morgan fingerprint density at radius 2 is 2.04 bits per heavy atom. The van der Waals surface area contributed by atoms with E-state index in [2.05, 4.69) is 27.3 Å². The van der Waals surface area contributed by atoms with E-state index < -0.39 is 0 Å². The summed E-state index contributed by atoms with van der Waals surface area (Å²) in [5, 5.41) is 2.92. The topological polar surface area (TPSA) is 50.8 Å². The molecule has 1 atom stereocenters. The molecule has 3 aromatic rings. The van der Waals surface area contributed by atoms with Crippen LogP contribution in [-0.4, -0.2) is 32.1 Å². The second-order valence-electron chi connectivity index (χ2n) is 6.60. The average molecular weight is 459 g/mol. The number of anilines is 1. The lowest BCUT2D eigenvalue weighted by Gasteiger charge is -2.30. The molecule has 4 rings (SSSR count). The van der Waals surface area contributed by atoms with Gasteiger partial charge in [-0.3, -0.25) is 0 Å². The number of nitrogens with one attached hydrogen (secondary N) is 1. The van der Waals surface area contributed by atoms with E-state index in [0.29, 0.717) is 0 Å². The number of benzene rings is 2. The van der Waals surface area contributed by atoms with Crippen LogP contribution >= 0.6 is 27.3 Å². The Morgan fingerprint density at radius 3 is 2.71 bits per heavy atom. The third kappa shape index (κ3) is 3.36. The molecule has 2 aromatic carbocycles. The minimum Gasteiger partial charge on any atom is -0.496 e. The van der Waals surface area contributed by atoms with Crippen molar-refractivity contribution in [3.63, 3.8) is 0 Å². The summed E-state index contributed by atoms with van der Waals surface area (Å²) in [4.78, 5) is 14.7. The molecule has 1 N–H and O–H groups in total. The van der Waals surface area contributed by atoms with Gasteiger partial charge in [0, 0.05) is 25.3 Å². The summed E-state index contributed by atoms with van der Waals surface area (Å²) in [6.45, 7) is 0. The molecule has 1 unspecified atom stereocenters. The molecule has 7 heteroatoms. The van der Waals surface area contributed by atoms with Gasteiger partial charge in [-0.05, 0) is 57.9 Å². The first-order chi connectivity index (χ1) is 13.5. The van der Waals surface area contributed by atoms with E-state index >= 15 is 0 Å². The van der Waals surface area contributed by atoms with Gasteiger partial charge in [-0.25, -0.2) is 4.79 Å². The number of fused-ring (bicyclic) bond motifs is 3. The van der Waals surface area contributed by atoms with Crippen LogP contribution in [0.3, 0.4) is 0 Å². The molecule has 1 aromatic heterocycles. The lowest BCUT2D eigenvalue weighted by atomic mass is 9.91. The molecule has 2 amide bonds. The Kier molecular flexibility index (Phi) is 5.03. The van der Waals surface area contributed by atoms with E-state index in [-0.39, 0.29) is 12.1 Å². The van der Waals surface area contributed by atoms with Crippen molar-refractivity contribution in [2.75, 3.05) is 26.5 Å². The Hall–Kier alpha value is -2.51. The SMILES string of the molecule is COc1cccc2c1-c1ccc(NC(=O)N(C)C)cc1C(c1ccc(Br)s1)O2. The minimum absolute atomic E-state index is 0.176. The van der Waals surface area contributed by atoms with Gasteiger partial charge >= 0.3 is 6.03 Å². The first-order valence-electron chi connectivity index (χ1n) is 8.69. The van der Waals surface area contributed by atoms with E-state index in [9.17, 15) is 4.79 Å². The number of thiophene rings is 1. The van der Waals surface area contributed by atoms with Gasteiger partial charge in [0.1, 0.15) is 11.5 Å². The molecule has 0 bridgehead atoms. The summed E-state index contributed by atoms with van der Waals surface area (Å²) >= 11 is 5.17. The van der Waals surface area contributed by atoms with Gasteiger partial charge in [0.15, 0.2) is 6.10 Å². The quantitative estimate of drug-likeness (QED) is 0.542. The molecule has 0 radical (unpaired) electrons. The Morgan fingerprint density at radius 1 is 1.21 bits per heavy atom. The van der Waals surface area contributed by atoms with E-state index in [4.69, 9.17) is 9.47 Å². The lowest BCUT2D eigenvalue weighted by Crippen LogP contribution is -2.27. The number of carbonyl (C=O) groups is 1. The van der Waals surface area contributed by atoms with Crippen LogP contribution in [0.2, 0.25) is 0 Å². The number of nitrogens with zero attached hydrogens (tertiary/aromatic N) is 1. The molecule has 1 aliphatic heterocycles. The first-order valence-corrected chi connectivity index (χ1v) is 10.3. The third-order valence-electron chi connectivity index (χ3n) is 4.57. The van der Waals surface area contributed by atoms with Crippen LogP contribution in [0.4, 0.5) is 10.5 Å². The van der Waals surface area contributed by atoms with Crippen molar-refractivity contribution in [1.82, 2.24) is 4.90 Å². The molecule has 0 spiro atoms. The fraction of sp³-hybridized carbons (Fsp3) is 0.190. The summed E-state index contributed by atoms with van der Waals surface area (Å²) in [5.74, 6) is 1.54. The molecule has 2 heterocycles. The highest BCUT2D eigenvalue weighted by Crippen LogP contribution is 2.50. The minimum atomic E-state index is -0.262. The number of methoxy groups -OCH3 is 1. The zero-order chi connectivity index (χ0) is 19.8. The highest BCUT2D eigenvalue weighted by Gasteiger charge is 2.31. The lowest BCUT2D eigenvalue weighted by molar-refractivity contribution is 0.230. The number of rotatable bonds is 3. The maximum Gasteiger partial charge on any atom is 0.321 e. The second-order valence-corrected chi connectivity index (χ2v) is 9.09. The molecule has 28 heavy (non-hydrogen) atoms. The molecule has 0 saturated carbocycles.